The first kappa shape index (κ1) is 16.4. The van der Waals surface area contributed by atoms with E-state index in [0.717, 1.165) is 6.07 Å². The maximum Gasteiger partial charge on any atom is 0.416 e. The van der Waals surface area contributed by atoms with Crippen LogP contribution in [0.1, 0.15) is 33.9 Å². The fraction of sp³-hybridized carbons (Fsp3) is 0.294. The van der Waals surface area contributed by atoms with Crippen LogP contribution in [0.5, 0.6) is 0 Å². The van der Waals surface area contributed by atoms with Gasteiger partial charge in [0.2, 0.25) is 0 Å². The van der Waals surface area contributed by atoms with Gasteiger partial charge >= 0.3 is 6.18 Å². The molecule has 0 saturated carbocycles. The summed E-state index contributed by atoms with van der Waals surface area (Å²) in [6.07, 6.45) is -2.45. The Hall–Kier alpha value is -2.41. The summed E-state index contributed by atoms with van der Waals surface area (Å²) in [7, 11) is 0. The Morgan fingerprint density at radius 3 is 2.62 bits per heavy atom. The number of benzene rings is 1. The molecule has 1 aliphatic rings. The molecule has 1 saturated heterocycles. The van der Waals surface area contributed by atoms with Crippen molar-refractivity contribution in [2.45, 2.75) is 24.7 Å². The summed E-state index contributed by atoms with van der Waals surface area (Å²) in [6, 6.07) is 7.46. The number of aliphatic hydroxyl groups excluding tert-OH is 1. The molecule has 2 unspecified atom stereocenters. The van der Waals surface area contributed by atoms with Crippen molar-refractivity contribution < 1.29 is 23.1 Å². The van der Waals surface area contributed by atoms with Gasteiger partial charge in [0.05, 0.1) is 23.3 Å². The van der Waals surface area contributed by atoms with Crippen molar-refractivity contribution in [2.24, 2.45) is 0 Å². The van der Waals surface area contributed by atoms with Crippen LogP contribution >= 0.6 is 0 Å². The normalized spacial score (nSPS) is 21.1. The molecular formula is C17H15F3N2O2. The number of carbonyl (C=O) groups is 1. The maximum atomic E-state index is 13.3. The predicted molar refractivity (Wildman–Crippen MR) is 80.1 cm³/mol. The Morgan fingerprint density at radius 1 is 1.21 bits per heavy atom. The number of likely N-dealkylation sites (tertiary alicyclic amines) is 1. The van der Waals surface area contributed by atoms with Crippen LogP contribution in [-0.2, 0) is 6.18 Å². The second-order valence-electron chi connectivity index (χ2n) is 5.69. The minimum absolute atomic E-state index is 0.00112. The number of amides is 1. The fourth-order valence-electron chi connectivity index (χ4n) is 3.03. The summed E-state index contributed by atoms with van der Waals surface area (Å²) in [5.41, 5.74) is -0.507. The number of hydrogen-bond acceptors (Lipinski definition) is 3. The molecule has 0 bridgehead atoms. The van der Waals surface area contributed by atoms with Crippen LogP contribution in [0.2, 0.25) is 0 Å². The van der Waals surface area contributed by atoms with Crippen LogP contribution in [0.3, 0.4) is 0 Å². The van der Waals surface area contributed by atoms with Crippen molar-refractivity contribution in [3.05, 3.63) is 65.5 Å². The van der Waals surface area contributed by atoms with E-state index in [-0.39, 0.29) is 24.1 Å². The number of pyridine rings is 1. The molecule has 1 aliphatic heterocycles. The summed E-state index contributed by atoms with van der Waals surface area (Å²) >= 11 is 0. The van der Waals surface area contributed by atoms with Gasteiger partial charge in [0.25, 0.3) is 5.91 Å². The van der Waals surface area contributed by atoms with Gasteiger partial charge in [0.15, 0.2) is 0 Å². The molecule has 126 valence electrons. The summed E-state index contributed by atoms with van der Waals surface area (Å²) in [5.74, 6) is -0.443. The van der Waals surface area contributed by atoms with Gasteiger partial charge in [0, 0.05) is 18.9 Å². The summed E-state index contributed by atoms with van der Waals surface area (Å²) in [5, 5.41) is 9.93. The molecule has 2 atom stereocenters. The molecule has 1 N–H and O–H groups in total. The Balaban J connectivity index is 1.99. The Bertz CT molecular complexity index is 734. The van der Waals surface area contributed by atoms with Crippen LogP contribution in [0.4, 0.5) is 13.2 Å². The number of β-amino-alcohol motifs (C(OH)–C–C–N with tert-alkyl or cyclic N) is 1. The zero-order chi connectivity index (χ0) is 17.3. The second-order valence-corrected chi connectivity index (χ2v) is 5.69. The topological polar surface area (TPSA) is 53.4 Å². The third-order valence-corrected chi connectivity index (χ3v) is 4.07. The van der Waals surface area contributed by atoms with E-state index in [2.05, 4.69) is 4.98 Å². The summed E-state index contributed by atoms with van der Waals surface area (Å²) < 4.78 is 39.8. The number of carbonyl (C=O) groups excluding carboxylic acids is 1. The molecule has 0 spiro atoms. The number of aromatic nitrogens is 1. The second kappa shape index (κ2) is 6.24. The average Bonchev–Trinajstić information content (AvgIpc) is 2.96. The van der Waals surface area contributed by atoms with Crippen molar-refractivity contribution in [1.29, 1.82) is 0 Å². The van der Waals surface area contributed by atoms with Gasteiger partial charge in [-0.1, -0.05) is 18.2 Å². The molecule has 0 radical (unpaired) electrons. The molecule has 1 amide bonds. The van der Waals surface area contributed by atoms with E-state index in [1.807, 2.05) is 0 Å². The quantitative estimate of drug-likeness (QED) is 0.917. The van der Waals surface area contributed by atoms with Crippen LogP contribution < -0.4 is 0 Å². The number of alkyl halides is 3. The standard InChI is InChI=1S/C17H15F3N2O2/c18-17(19,20)14-6-2-1-5-13(14)15-8-12(23)10-22(15)16(24)11-4-3-7-21-9-11/h1-7,9,12,15,23H,8,10H2. The lowest BCUT2D eigenvalue weighted by Crippen LogP contribution is -2.32. The SMILES string of the molecule is O=C(c1cccnc1)N1CC(O)CC1c1ccccc1C(F)(F)F. The van der Waals surface area contributed by atoms with Gasteiger partial charge in [0.1, 0.15) is 0 Å². The van der Waals surface area contributed by atoms with E-state index < -0.39 is 29.8 Å². The van der Waals surface area contributed by atoms with Crippen LogP contribution in [-0.4, -0.2) is 33.5 Å². The average molecular weight is 336 g/mol. The smallest absolute Gasteiger partial charge is 0.391 e. The van der Waals surface area contributed by atoms with Gasteiger partial charge in [-0.15, -0.1) is 0 Å². The fourth-order valence-corrected chi connectivity index (χ4v) is 3.03. The highest BCUT2D eigenvalue weighted by molar-refractivity contribution is 5.94. The van der Waals surface area contributed by atoms with Gasteiger partial charge in [-0.25, -0.2) is 0 Å². The van der Waals surface area contributed by atoms with E-state index in [0.29, 0.717) is 0 Å². The summed E-state index contributed by atoms with van der Waals surface area (Å²) in [6.45, 7) is -0.00934. The van der Waals surface area contributed by atoms with E-state index in [4.69, 9.17) is 0 Å². The van der Waals surface area contributed by atoms with E-state index >= 15 is 0 Å². The predicted octanol–water partition coefficient (Wildman–Crippen LogP) is 3.05. The number of nitrogens with zero attached hydrogens (tertiary/aromatic N) is 2. The van der Waals surface area contributed by atoms with E-state index in [1.54, 1.807) is 12.1 Å². The highest BCUT2D eigenvalue weighted by atomic mass is 19.4. The minimum Gasteiger partial charge on any atom is -0.391 e. The zero-order valence-corrected chi connectivity index (χ0v) is 12.6. The molecule has 1 fully saturated rings. The lowest BCUT2D eigenvalue weighted by Gasteiger charge is -2.27. The largest absolute Gasteiger partial charge is 0.416 e. The molecule has 2 aromatic rings. The Morgan fingerprint density at radius 2 is 1.96 bits per heavy atom. The number of halogens is 3. The van der Waals surface area contributed by atoms with Crippen molar-refractivity contribution >= 4 is 5.91 Å². The maximum absolute atomic E-state index is 13.3. The summed E-state index contributed by atoms with van der Waals surface area (Å²) in [4.78, 5) is 17.8. The molecule has 3 rings (SSSR count). The van der Waals surface area contributed by atoms with Crippen molar-refractivity contribution in [3.8, 4) is 0 Å². The Labute approximate surface area is 136 Å². The lowest BCUT2D eigenvalue weighted by atomic mass is 9.97. The molecule has 7 heteroatoms. The Kier molecular flexibility index (Phi) is 4.28. The highest BCUT2D eigenvalue weighted by Gasteiger charge is 2.41. The van der Waals surface area contributed by atoms with E-state index in [9.17, 15) is 23.1 Å². The monoisotopic (exact) mass is 336 g/mol. The number of rotatable bonds is 2. The van der Waals surface area contributed by atoms with Crippen molar-refractivity contribution in [2.75, 3.05) is 6.54 Å². The molecule has 1 aromatic carbocycles. The minimum atomic E-state index is -4.52. The first-order valence-electron chi connectivity index (χ1n) is 7.43. The van der Waals surface area contributed by atoms with Crippen molar-refractivity contribution in [1.82, 2.24) is 9.88 Å². The molecule has 2 heterocycles. The third kappa shape index (κ3) is 3.12. The van der Waals surface area contributed by atoms with Crippen LogP contribution in [0, 0.1) is 0 Å². The molecule has 0 aliphatic carbocycles. The van der Waals surface area contributed by atoms with Crippen LogP contribution in [0.25, 0.3) is 0 Å². The van der Waals surface area contributed by atoms with Gasteiger partial charge in [-0.05, 0) is 30.2 Å². The van der Waals surface area contributed by atoms with Crippen LogP contribution in [0.15, 0.2) is 48.8 Å². The number of hydrogen-bond donors (Lipinski definition) is 1. The van der Waals surface area contributed by atoms with Crippen molar-refractivity contribution in [3.63, 3.8) is 0 Å². The molecule has 24 heavy (non-hydrogen) atoms. The number of aliphatic hydroxyl groups is 1. The third-order valence-electron chi connectivity index (χ3n) is 4.07. The first-order valence-corrected chi connectivity index (χ1v) is 7.43. The molecule has 1 aromatic heterocycles. The van der Waals surface area contributed by atoms with Gasteiger partial charge in [-0.3, -0.25) is 9.78 Å². The van der Waals surface area contributed by atoms with Gasteiger partial charge < -0.3 is 10.0 Å². The first-order chi connectivity index (χ1) is 11.4. The molecular weight excluding hydrogens is 321 g/mol. The van der Waals surface area contributed by atoms with Gasteiger partial charge in [-0.2, -0.15) is 13.2 Å². The highest BCUT2D eigenvalue weighted by Crippen LogP contribution is 2.40. The zero-order valence-electron chi connectivity index (χ0n) is 12.6. The van der Waals surface area contributed by atoms with E-state index in [1.165, 1.54) is 35.5 Å². The lowest BCUT2D eigenvalue weighted by molar-refractivity contribution is -0.138. The molecule has 4 nitrogen and oxygen atoms in total.